The number of carbonyl (C=O) groups excluding carboxylic acids is 1. The van der Waals surface area contributed by atoms with E-state index in [-0.39, 0.29) is 11.7 Å². The van der Waals surface area contributed by atoms with Crippen LogP contribution in [-0.2, 0) is 4.74 Å². The lowest BCUT2D eigenvalue weighted by Gasteiger charge is -2.16. The van der Waals surface area contributed by atoms with Crippen LogP contribution in [0.25, 0.3) is 0 Å². The third-order valence-corrected chi connectivity index (χ3v) is 3.08. The molecule has 1 aromatic carbocycles. The average Bonchev–Trinajstić information content (AvgIpc) is 2.28. The van der Waals surface area contributed by atoms with E-state index < -0.39 is 0 Å². The molecule has 0 atom stereocenters. The van der Waals surface area contributed by atoms with Crippen molar-refractivity contribution in [2.45, 2.75) is 0 Å². The summed E-state index contributed by atoms with van der Waals surface area (Å²) in [5.41, 5.74) is 0.483. The minimum absolute atomic E-state index is 0.122. The lowest BCUT2D eigenvalue weighted by Crippen LogP contribution is -2.29. The van der Waals surface area contributed by atoms with E-state index in [0.29, 0.717) is 18.7 Å². The maximum Gasteiger partial charge on any atom is 0.253 e. The first-order chi connectivity index (χ1) is 7.56. The Balaban J connectivity index is 2.76. The molecule has 0 aliphatic heterocycles. The maximum absolute atomic E-state index is 11.9. The van der Waals surface area contributed by atoms with Gasteiger partial charge in [-0.05, 0) is 40.8 Å². The fraction of sp³-hybridized carbons (Fsp3) is 0.364. The predicted molar refractivity (Wildman–Crippen MR) is 69.7 cm³/mol. The van der Waals surface area contributed by atoms with Gasteiger partial charge in [0.15, 0.2) is 0 Å². The van der Waals surface area contributed by atoms with Crippen molar-refractivity contribution in [2.24, 2.45) is 0 Å². The zero-order chi connectivity index (χ0) is 12.1. The van der Waals surface area contributed by atoms with Crippen LogP contribution in [0.2, 0.25) is 0 Å². The fourth-order valence-corrected chi connectivity index (χ4v) is 1.53. The molecule has 0 saturated carbocycles. The number of amides is 1. The fourth-order valence-electron chi connectivity index (χ4n) is 1.20. The molecule has 1 amide bonds. The molecular formula is C11H14INO3. The largest absolute Gasteiger partial charge is 0.507 e. The van der Waals surface area contributed by atoms with Gasteiger partial charge in [0.1, 0.15) is 5.75 Å². The van der Waals surface area contributed by atoms with Gasteiger partial charge in [-0.15, -0.1) is 0 Å². The van der Waals surface area contributed by atoms with Crippen LogP contribution in [0.5, 0.6) is 5.75 Å². The average molecular weight is 335 g/mol. The Bertz CT molecular complexity index is 381. The monoisotopic (exact) mass is 335 g/mol. The third kappa shape index (κ3) is 3.34. The highest BCUT2D eigenvalue weighted by molar-refractivity contribution is 14.1. The summed E-state index contributed by atoms with van der Waals surface area (Å²) >= 11 is 2.01. The van der Waals surface area contributed by atoms with E-state index in [0.717, 1.165) is 3.57 Å². The first kappa shape index (κ1) is 13.2. The molecule has 0 saturated heterocycles. The Morgan fingerprint density at radius 2 is 2.25 bits per heavy atom. The Morgan fingerprint density at radius 3 is 2.81 bits per heavy atom. The molecule has 0 radical (unpaired) electrons. The Labute approximate surface area is 108 Å². The number of rotatable bonds is 4. The van der Waals surface area contributed by atoms with E-state index in [4.69, 9.17) is 4.74 Å². The minimum atomic E-state index is -0.122. The van der Waals surface area contributed by atoms with Crippen LogP contribution in [0.15, 0.2) is 18.2 Å². The van der Waals surface area contributed by atoms with E-state index in [9.17, 15) is 9.90 Å². The quantitative estimate of drug-likeness (QED) is 0.853. The smallest absolute Gasteiger partial charge is 0.253 e. The van der Waals surface area contributed by atoms with Crippen molar-refractivity contribution in [1.82, 2.24) is 4.90 Å². The van der Waals surface area contributed by atoms with Crippen LogP contribution in [0.3, 0.4) is 0 Å². The molecule has 0 aliphatic rings. The van der Waals surface area contributed by atoms with Gasteiger partial charge < -0.3 is 14.7 Å². The molecule has 0 fully saturated rings. The number of likely N-dealkylation sites (N-methyl/N-ethyl adjacent to an activating group) is 1. The summed E-state index contributed by atoms with van der Waals surface area (Å²) in [5.74, 6) is 0.00958. The number of benzene rings is 1. The molecule has 0 unspecified atom stereocenters. The van der Waals surface area contributed by atoms with Crippen molar-refractivity contribution in [3.05, 3.63) is 27.3 Å². The summed E-state index contributed by atoms with van der Waals surface area (Å²) in [6, 6.07) is 4.90. The second-order valence-corrected chi connectivity index (χ2v) is 4.55. The number of halogens is 1. The van der Waals surface area contributed by atoms with Gasteiger partial charge in [-0.2, -0.15) is 0 Å². The molecule has 0 aliphatic carbocycles. The van der Waals surface area contributed by atoms with Gasteiger partial charge in [0, 0.05) is 26.3 Å². The number of hydrogen-bond acceptors (Lipinski definition) is 3. The number of nitrogens with zero attached hydrogens (tertiary/aromatic N) is 1. The van der Waals surface area contributed by atoms with Crippen molar-refractivity contribution in [3.63, 3.8) is 0 Å². The van der Waals surface area contributed by atoms with Crippen molar-refractivity contribution >= 4 is 28.5 Å². The molecular weight excluding hydrogens is 321 g/mol. The van der Waals surface area contributed by atoms with Gasteiger partial charge in [-0.25, -0.2) is 0 Å². The van der Waals surface area contributed by atoms with E-state index in [1.54, 1.807) is 31.2 Å². The summed E-state index contributed by atoms with van der Waals surface area (Å²) < 4.78 is 5.63. The maximum atomic E-state index is 11.9. The highest BCUT2D eigenvalue weighted by Gasteiger charge is 2.12. The summed E-state index contributed by atoms with van der Waals surface area (Å²) in [4.78, 5) is 13.4. The predicted octanol–water partition coefficient (Wildman–Crippen LogP) is 1.72. The third-order valence-electron chi connectivity index (χ3n) is 2.17. The first-order valence-corrected chi connectivity index (χ1v) is 5.87. The summed E-state index contributed by atoms with van der Waals surface area (Å²) in [7, 11) is 3.30. The minimum Gasteiger partial charge on any atom is -0.507 e. The van der Waals surface area contributed by atoms with Gasteiger partial charge in [0.2, 0.25) is 0 Å². The lowest BCUT2D eigenvalue weighted by atomic mass is 10.2. The topological polar surface area (TPSA) is 49.8 Å². The van der Waals surface area contributed by atoms with Crippen LogP contribution < -0.4 is 0 Å². The Kier molecular flexibility index (Phi) is 5.01. The van der Waals surface area contributed by atoms with Crippen molar-refractivity contribution in [1.29, 1.82) is 0 Å². The van der Waals surface area contributed by atoms with Crippen LogP contribution in [0, 0.1) is 3.57 Å². The molecule has 0 heterocycles. The van der Waals surface area contributed by atoms with Crippen LogP contribution >= 0.6 is 22.6 Å². The van der Waals surface area contributed by atoms with E-state index in [1.807, 2.05) is 22.6 Å². The van der Waals surface area contributed by atoms with E-state index >= 15 is 0 Å². The number of hydrogen-bond donors (Lipinski definition) is 1. The molecule has 1 N–H and O–H groups in total. The number of carbonyl (C=O) groups is 1. The SMILES string of the molecule is COCCN(C)C(=O)c1ccc(I)c(O)c1. The zero-order valence-electron chi connectivity index (χ0n) is 9.24. The van der Waals surface area contributed by atoms with Crippen LogP contribution in [-0.4, -0.2) is 43.2 Å². The molecule has 4 nitrogen and oxygen atoms in total. The molecule has 1 rings (SSSR count). The van der Waals surface area contributed by atoms with Crippen molar-refractivity contribution < 1.29 is 14.6 Å². The normalized spacial score (nSPS) is 10.2. The molecule has 0 spiro atoms. The summed E-state index contributed by atoms with van der Waals surface area (Å²) in [6.45, 7) is 1.03. The standard InChI is InChI=1S/C11H14INO3/c1-13(5-6-16-2)11(15)8-3-4-9(12)10(14)7-8/h3-4,7,14H,5-6H2,1-2H3. The van der Waals surface area contributed by atoms with Gasteiger partial charge in [0.25, 0.3) is 5.91 Å². The Hall–Kier alpha value is -0.820. The molecule has 16 heavy (non-hydrogen) atoms. The van der Waals surface area contributed by atoms with Crippen LogP contribution in [0.1, 0.15) is 10.4 Å². The van der Waals surface area contributed by atoms with Gasteiger partial charge >= 0.3 is 0 Å². The molecule has 1 aromatic rings. The number of methoxy groups -OCH3 is 1. The highest BCUT2D eigenvalue weighted by Crippen LogP contribution is 2.21. The molecule has 88 valence electrons. The van der Waals surface area contributed by atoms with Gasteiger partial charge in [-0.1, -0.05) is 0 Å². The van der Waals surface area contributed by atoms with Gasteiger partial charge in [-0.3, -0.25) is 4.79 Å². The highest BCUT2D eigenvalue weighted by atomic mass is 127. The van der Waals surface area contributed by atoms with E-state index in [1.165, 1.54) is 6.07 Å². The van der Waals surface area contributed by atoms with Crippen molar-refractivity contribution in [2.75, 3.05) is 27.3 Å². The summed E-state index contributed by atoms with van der Waals surface area (Å²) in [6.07, 6.45) is 0. The first-order valence-electron chi connectivity index (χ1n) is 4.79. The molecule has 0 bridgehead atoms. The number of ether oxygens (including phenoxy) is 1. The second kappa shape index (κ2) is 6.05. The molecule has 0 aromatic heterocycles. The lowest BCUT2D eigenvalue weighted by molar-refractivity contribution is 0.0744. The molecule has 5 heteroatoms. The second-order valence-electron chi connectivity index (χ2n) is 3.39. The van der Waals surface area contributed by atoms with Crippen LogP contribution in [0.4, 0.5) is 0 Å². The van der Waals surface area contributed by atoms with Crippen molar-refractivity contribution in [3.8, 4) is 5.75 Å². The van der Waals surface area contributed by atoms with E-state index in [2.05, 4.69) is 0 Å². The number of aromatic hydroxyl groups is 1. The number of phenols is 1. The Morgan fingerprint density at radius 1 is 1.56 bits per heavy atom. The zero-order valence-corrected chi connectivity index (χ0v) is 11.4. The summed E-state index contributed by atoms with van der Waals surface area (Å²) in [5, 5.41) is 9.50. The van der Waals surface area contributed by atoms with Gasteiger partial charge in [0.05, 0.1) is 10.2 Å². The number of phenolic OH excluding ortho intramolecular Hbond substituents is 1.